The Kier molecular flexibility index (Phi) is 7.47. The first kappa shape index (κ1) is 20.4. The number of nitrogens with zero attached hydrogens (tertiary/aromatic N) is 3. The minimum Gasteiger partial charge on any atom is -0.375 e. The number of carbonyl (C=O) groups is 1. The minimum absolute atomic E-state index is 0.171. The molecule has 1 aliphatic heterocycles. The lowest BCUT2D eigenvalue weighted by Gasteiger charge is -2.32. The molecule has 1 saturated heterocycles. The molecule has 0 aromatic carbocycles. The summed E-state index contributed by atoms with van der Waals surface area (Å²) in [6.07, 6.45) is 4.18. The SMILES string of the molecule is CCNC(=NCc1ccc(N2CCOC(C)C2)nc1)NCCNC(=O)C1CC1. The number of carbonyl (C=O) groups excluding carboxylic acids is 1. The fourth-order valence-corrected chi connectivity index (χ4v) is 3.09. The molecule has 8 nitrogen and oxygen atoms in total. The zero-order chi connectivity index (χ0) is 19.8. The first-order valence-corrected chi connectivity index (χ1v) is 10.3. The average molecular weight is 389 g/mol. The van der Waals surface area contributed by atoms with E-state index in [2.05, 4.69) is 49.9 Å². The summed E-state index contributed by atoms with van der Waals surface area (Å²) < 4.78 is 5.58. The Morgan fingerprint density at radius 1 is 1.29 bits per heavy atom. The van der Waals surface area contributed by atoms with Gasteiger partial charge in [-0.05, 0) is 38.3 Å². The van der Waals surface area contributed by atoms with Crippen molar-refractivity contribution in [1.82, 2.24) is 20.9 Å². The van der Waals surface area contributed by atoms with Crippen molar-refractivity contribution in [3.05, 3.63) is 23.9 Å². The van der Waals surface area contributed by atoms with Crippen LogP contribution in [0.4, 0.5) is 5.82 Å². The monoisotopic (exact) mass is 388 g/mol. The first-order chi connectivity index (χ1) is 13.7. The normalized spacial score (nSPS) is 20.0. The van der Waals surface area contributed by atoms with Gasteiger partial charge in [0.05, 0.1) is 19.3 Å². The quantitative estimate of drug-likeness (QED) is 0.348. The zero-order valence-corrected chi connectivity index (χ0v) is 16.9. The van der Waals surface area contributed by atoms with E-state index in [1.54, 1.807) is 0 Å². The van der Waals surface area contributed by atoms with E-state index in [-0.39, 0.29) is 17.9 Å². The minimum atomic E-state index is 0.171. The molecule has 2 aliphatic rings. The van der Waals surface area contributed by atoms with Gasteiger partial charge in [0.1, 0.15) is 5.82 Å². The maximum atomic E-state index is 11.6. The molecule has 1 aromatic heterocycles. The molecule has 0 radical (unpaired) electrons. The summed E-state index contributed by atoms with van der Waals surface area (Å²) in [4.78, 5) is 23.1. The summed E-state index contributed by atoms with van der Waals surface area (Å²) in [5.41, 5.74) is 1.06. The number of nitrogens with one attached hydrogen (secondary N) is 3. The molecule has 1 atom stereocenters. The lowest BCUT2D eigenvalue weighted by atomic mass is 10.2. The van der Waals surface area contributed by atoms with Gasteiger partial charge in [0.2, 0.25) is 5.91 Å². The molecule has 0 bridgehead atoms. The Hall–Kier alpha value is -2.35. The van der Waals surface area contributed by atoms with Crippen LogP contribution in [0, 0.1) is 5.92 Å². The van der Waals surface area contributed by atoms with Gasteiger partial charge in [-0.15, -0.1) is 0 Å². The molecule has 2 heterocycles. The number of rotatable bonds is 8. The third-order valence-electron chi connectivity index (χ3n) is 4.80. The van der Waals surface area contributed by atoms with Gasteiger partial charge < -0.3 is 25.6 Å². The average Bonchev–Trinajstić information content (AvgIpc) is 3.55. The van der Waals surface area contributed by atoms with E-state index in [4.69, 9.17) is 4.74 Å². The highest BCUT2D eigenvalue weighted by Crippen LogP contribution is 2.28. The van der Waals surface area contributed by atoms with Crippen LogP contribution in [-0.4, -0.2) is 62.3 Å². The van der Waals surface area contributed by atoms with Crippen molar-refractivity contribution in [2.75, 3.05) is 44.2 Å². The Morgan fingerprint density at radius 2 is 2.11 bits per heavy atom. The maximum Gasteiger partial charge on any atom is 0.223 e. The van der Waals surface area contributed by atoms with Gasteiger partial charge >= 0.3 is 0 Å². The van der Waals surface area contributed by atoms with Crippen molar-refractivity contribution >= 4 is 17.7 Å². The summed E-state index contributed by atoms with van der Waals surface area (Å²) in [6, 6.07) is 4.13. The molecule has 1 aromatic rings. The number of aromatic nitrogens is 1. The van der Waals surface area contributed by atoms with Crippen LogP contribution >= 0.6 is 0 Å². The first-order valence-electron chi connectivity index (χ1n) is 10.3. The van der Waals surface area contributed by atoms with Gasteiger partial charge in [-0.1, -0.05) is 6.07 Å². The van der Waals surface area contributed by atoms with Crippen LogP contribution in [0.3, 0.4) is 0 Å². The van der Waals surface area contributed by atoms with Gasteiger partial charge in [0.15, 0.2) is 5.96 Å². The Balaban J connectivity index is 1.45. The third kappa shape index (κ3) is 6.37. The molecule has 1 aliphatic carbocycles. The fraction of sp³-hybridized carbons (Fsp3) is 0.650. The molecule has 2 fully saturated rings. The number of ether oxygens (including phenoxy) is 1. The van der Waals surface area contributed by atoms with E-state index in [1.807, 2.05) is 13.1 Å². The molecule has 154 valence electrons. The van der Waals surface area contributed by atoms with Crippen molar-refractivity contribution in [2.24, 2.45) is 10.9 Å². The van der Waals surface area contributed by atoms with Crippen molar-refractivity contribution < 1.29 is 9.53 Å². The number of pyridine rings is 1. The van der Waals surface area contributed by atoms with Crippen LogP contribution < -0.4 is 20.9 Å². The number of hydrogen-bond donors (Lipinski definition) is 3. The van der Waals surface area contributed by atoms with E-state index in [0.29, 0.717) is 19.6 Å². The maximum absolute atomic E-state index is 11.6. The summed E-state index contributed by atoms with van der Waals surface area (Å²) in [5, 5.41) is 9.43. The summed E-state index contributed by atoms with van der Waals surface area (Å²) >= 11 is 0. The lowest BCUT2D eigenvalue weighted by molar-refractivity contribution is -0.122. The van der Waals surface area contributed by atoms with Crippen LogP contribution in [-0.2, 0) is 16.1 Å². The topological polar surface area (TPSA) is 90.9 Å². The van der Waals surface area contributed by atoms with Gasteiger partial charge in [-0.3, -0.25) is 4.79 Å². The second kappa shape index (κ2) is 10.3. The molecule has 28 heavy (non-hydrogen) atoms. The smallest absolute Gasteiger partial charge is 0.223 e. The van der Waals surface area contributed by atoms with Gasteiger partial charge in [0.25, 0.3) is 0 Å². The summed E-state index contributed by atoms with van der Waals surface area (Å²) in [5.74, 6) is 2.15. The van der Waals surface area contributed by atoms with Gasteiger partial charge in [-0.25, -0.2) is 9.98 Å². The van der Waals surface area contributed by atoms with Crippen molar-refractivity contribution in [1.29, 1.82) is 0 Å². The molecular weight excluding hydrogens is 356 g/mol. The van der Waals surface area contributed by atoms with Crippen LogP contribution in [0.15, 0.2) is 23.3 Å². The second-order valence-electron chi connectivity index (χ2n) is 7.34. The van der Waals surface area contributed by atoms with E-state index in [0.717, 1.165) is 56.4 Å². The molecule has 3 rings (SSSR count). The van der Waals surface area contributed by atoms with Gasteiger partial charge in [0, 0.05) is 44.8 Å². The Bertz CT molecular complexity index is 659. The van der Waals surface area contributed by atoms with Crippen molar-refractivity contribution in [3.63, 3.8) is 0 Å². The zero-order valence-electron chi connectivity index (χ0n) is 16.9. The second-order valence-corrected chi connectivity index (χ2v) is 7.34. The third-order valence-corrected chi connectivity index (χ3v) is 4.80. The summed E-state index contributed by atoms with van der Waals surface area (Å²) in [7, 11) is 0. The number of amides is 1. The molecule has 3 N–H and O–H groups in total. The number of guanidine groups is 1. The number of morpholine rings is 1. The molecule has 1 amide bonds. The number of anilines is 1. The van der Waals surface area contributed by atoms with E-state index in [1.165, 1.54) is 0 Å². The Morgan fingerprint density at radius 3 is 2.79 bits per heavy atom. The largest absolute Gasteiger partial charge is 0.375 e. The molecule has 1 saturated carbocycles. The highest BCUT2D eigenvalue weighted by atomic mass is 16.5. The Labute approximate surface area is 167 Å². The van der Waals surface area contributed by atoms with Crippen LogP contribution in [0.5, 0.6) is 0 Å². The van der Waals surface area contributed by atoms with Crippen LogP contribution in [0.1, 0.15) is 32.3 Å². The molecule has 1 unspecified atom stereocenters. The molecular formula is C20H32N6O2. The molecule has 8 heteroatoms. The predicted molar refractivity (Wildman–Crippen MR) is 110 cm³/mol. The van der Waals surface area contributed by atoms with E-state index >= 15 is 0 Å². The van der Waals surface area contributed by atoms with Crippen LogP contribution in [0.2, 0.25) is 0 Å². The van der Waals surface area contributed by atoms with E-state index in [9.17, 15) is 4.79 Å². The highest BCUT2D eigenvalue weighted by molar-refractivity contribution is 5.81. The van der Waals surface area contributed by atoms with Crippen molar-refractivity contribution in [2.45, 2.75) is 39.3 Å². The highest BCUT2D eigenvalue weighted by Gasteiger charge is 2.28. The van der Waals surface area contributed by atoms with E-state index < -0.39 is 0 Å². The number of aliphatic imine (C=N–C) groups is 1. The standard InChI is InChI=1S/C20H32N6O2/c1-3-21-20(23-9-8-22-19(27)17-5-6-17)25-13-16-4-7-18(24-12-16)26-10-11-28-15(2)14-26/h4,7,12,15,17H,3,5-6,8-11,13-14H2,1-2H3,(H,22,27)(H2,21,23,25). The lowest BCUT2D eigenvalue weighted by Crippen LogP contribution is -2.41. The number of hydrogen-bond acceptors (Lipinski definition) is 5. The van der Waals surface area contributed by atoms with Gasteiger partial charge in [-0.2, -0.15) is 0 Å². The molecule has 0 spiro atoms. The summed E-state index contributed by atoms with van der Waals surface area (Å²) in [6.45, 7) is 9.20. The van der Waals surface area contributed by atoms with Crippen molar-refractivity contribution in [3.8, 4) is 0 Å². The predicted octanol–water partition coefficient (Wildman–Crippen LogP) is 0.888. The van der Waals surface area contributed by atoms with Crippen LogP contribution in [0.25, 0.3) is 0 Å². The fourth-order valence-electron chi connectivity index (χ4n) is 3.09.